The molecule has 2 aliphatic rings. The molecule has 0 bridgehead atoms. The van der Waals surface area contributed by atoms with Crippen LogP contribution in [0.5, 0.6) is 0 Å². The first-order valence-corrected chi connectivity index (χ1v) is 20.8. The Labute approximate surface area is 337 Å². The highest BCUT2D eigenvalue weighted by Gasteiger charge is 2.22. The van der Waals surface area contributed by atoms with Crippen molar-refractivity contribution in [2.75, 3.05) is 4.90 Å². The van der Waals surface area contributed by atoms with Gasteiger partial charge in [0.25, 0.3) is 0 Å². The van der Waals surface area contributed by atoms with E-state index in [2.05, 4.69) is 210 Å². The van der Waals surface area contributed by atoms with E-state index in [9.17, 15) is 0 Å². The van der Waals surface area contributed by atoms with Gasteiger partial charge in [0.15, 0.2) is 0 Å². The van der Waals surface area contributed by atoms with Gasteiger partial charge in [-0.3, -0.25) is 0 Å². The van der Waals surface area contributed by atoms with Crippen molar-refractivity contribution in [3.8, 4) is 16.8 Å². The van der Waals surface area contributed by atoms with Crippen molar-refractivity contribution < 1.29 is 0 Å². The van der Waals surface area contributed by atoms with Gasteiger partial charge in [0.2, 0.25) is 0 Å². The SMILES string of the molecule is C1=CCCC(c2ccc(N(c3ccc(-c4ccccc4)cc3)C3C=CC(c4ccc5c(c4)c4ccccc4n5-c4ccc5sc6ccccc6c5c4)=CC3)cc2)=C1. The fourth-order valence-corrected chi connectivity index (χ4v) is 10.0. The maximum atomic E-state index is 2.50. The number of allylic oxidation sites excluding steroid dienone is 6. The molecule has 0 aliphatic heterocycles. The number of thiophene rings is 1. The van der Waals surface area contributed by atoms with Gasteiger partial charge in [-0.1, -0.05) is 134 Å². The van der Waals surface area contributed by atoms with Crippen LogP contribution in [0.3, 0.4) is 0 Å². The van der Waals surface area contributed by atoms with Crippen molar-refractivity contribution in [1.29, 1.82) is 0 Å². The van der Waals surface area contributed by atoms with Crippen molar-refractivity contribution >= 4 is 75.8 Å². The van der Waals surface area contributed by atoms with Crippen LogP contribution >= 0.6 is 11.3 Å². The number of rotatable bonds is 7. The van der Waals surface area contributed by atoms with Gasteiger partial charge in [0, 0.05) is 48.0 Å². The smallest absolute Gasteiger partial charge is 0.0560 e. The summed E-state index contributed by atoms with van der Waals surface area (Å²) in [5, 5.41) is 5.19. The van der Waals surface area contributed by atoms with Crippen molar-refractivity contribution in [2.24, 2.45) is 0 Å². The Morgan fingerprint density at radius 2 is 1.23 bits per heavy atom. The molecule has 1 atom stereocenters. The minimum absolute atomic E-state index is 0.174. The molecule has 272 valence electrons. The van der Waals surface area contributed by atoms with E-state index in [1.165, 1.54) is 92.4 Å². The minimum atomic E-state index is 0.174. The van der Waals surface area contributed by atoms with E-state index in [4.69, 9.17) is 0 Å². The Bertz CT molecular complexity index is 3080. The lowest BCUT2D eigenvalue weighted by molar-refractivity contribution is 0.787. The van der Waals surface area contributed by atoms with Gasteiger partial charge >= 0.3 is 0 Å². The first kappa shape index (κ1) is 33.6. The number of hydrogen-bond acceptors (Lipinski definition) is 2. The van der Waals surface area contributed by atoms with Crippen molar-refractivity contribution in [1.82, 2.24) is 4.57 Å². The number of para-hydroxylation sites is 1. The topological polar surface area (TPSA) is 8.17 Å². The summed E-state index contributed by atoms with van der Waals surface area (Å²) in [6, 6.07) is 60.6. The van der Waals surface area contributed by atoms with Gasteiger partial charge < -0.3 is 9.47 Å². The van der Waals surface area contributed by atoms with Gasteiger partial charge in [-0.05, 0) is 119 Å². The van der Waals surface area contributed by atoms with Crippen LogP contribution in [-0.4, -0.2) is 10.6 Å². The summed E-state index contributed by atoms with van der Waals surface area (Å²) >= 11 is 1.87. The van der Waals surface area contributed by atoms with Crippen LogP contribution in [0, 0.1) is 0 Å². The molecular weight excluding hydrogens is 709 g/mol. The summed E-state index contributed by atoms with van der Waals surface area (Å²) in [6.07, 6.45) is 17.0. The second kappa shape index (κ2) is 14.1. The fraction of sp³-hybridized carbons (Fsp3) is 0.0741. The predicted molar refractivity (Wildman–Crippen MR) is 246 cm³/mol. The molecule has 0 amide bonds. The quantitative estimate of drug-likeness (QED) is 0.158. The summed E-state index contributed by atoms with van der Waals surface area (Å²) in [6.45, 7) is 0. The number of hydrogen-bond donors (Lipinski definition) is 0. The lowest BCUT2D eigenvalue weighted by Crippen LogP contribution is -2.30. The molecule has 2 aliphatic carbocycles. The first-order valence-electron chi connectivity index (χ1n) is 20.0. The average Bonchev–Trinajstić information content (AvgIpc) is 3.83. The van der Waals surface area contributed by atoms with E-state index in [1.807, 2.05) is 11.3 Å². The maximum absolute atomic E-state index is 2.50. The third kappa shape index (κ3) is 6.03. The van der Waals surface area contributed by atoms with Crippen LogP contribution in [0.1, 0.15) is 30.4 Å². The Balaban J connectivity index is 0.937. The number of nitrogens with zero attached hydrogens (tertiary/aromatic N) is 2. The van der Waals surface area contributed by atoms with Crippen molar-refractivity contribution in [2.45, 2.75) is 25.3 Å². The minimum Gasteiger partial charge on any atom is -0.334 e. The van der Waals surface area contributed by atoms with Gasteiger partial charge in [-0.25, -0.2) is 0 Å². The highest BCUT2D eigenvalue weighted by molar-refractivity contribution is 7.25. The molecule has 1 unspecified atom stereocenters. The summed E-state index contributed by atoms with van der Waals surface area (Å²) in [4.78, 5) is 2.50. The molecule has 0 fully saturated rings. The lowest BCUT2D eigenvalue weighted by atomic mass is 9.94. The number of anilines is 2. The second-order valence-corrected chi connectivity index (χ2v) is 16.3. The summed E-state index contributed by atoms with van der Waals surface area (Å²) in [5.41, 5.74) is 13.7. The van der Waals surface area contributed by atoms with Gasteiger partial charge in [-0.15, -0.1) is 11.3 Å². The Morgan fingerprint density at radius 1 is 0.544 bits per heavy atom. The second-order valence-electron chi connectivity index (χ2n) is 15.2. The molecular formula is C54H40N2S. The molecule has 9 aromatic rings. The highest BCUT2D eigenvalue weighted by atomic mass is 32.1. The molecule has 57 heavy (non-hydrogen) atoms. The zero-order valence-corrected chi connectivity index (χ0v) is 32.4. The van der Waals surface area contributed by atoms with Crippen molar-refractivity contribution in [3.63, 3.8) is 0 Å². The molecule has 2 nitrogen and oxygen atoms in total. The molecule has 0 radical (unpaired) electrons. The number of aromatic nitrogens is 1. The molecule has 0 saturated heterocycles. The zero-order chi connectivity index (χ0) is 37.7. The van der Waals surface area contributed by atoms with Crippen LogP contribution in [0.15, 0.2) is 200 Å². The van der Waals surface area contributed by atoms with E-state index in [1.54, 1.807) is 0 Å². The Kier molecular flexibility index (Phi) is 8.33. The number of fused-ring (bicyclic) bond motifs is 6. The van der Waals surface area contributed by atoms with Crippen LogP contribution in [0.2, 0.25) is 0 Å². The predicted octanol–water partition coefficient (Wildman–Crippen LogP) is 15.1. The molecule has 2 aromatic heterocycles. The van der Waals surface area contributed by atoms with E-state index in [0.717, 1.165) is 19.3 Å². The van der Waals surface area contributed by atoms with Crippen LogP contribution < -0.4 is 4.90 Å². The van der Waals surface area contributed by atoms with Crippen LogP contribution in [-0.2, 0) is 0 Å². The summed E-state index contributed by atoms with van der Waals surface area (Å²) in [7, 11) is 0. The normalized spacial score (nSPS) is 15.4. The van der Waals surface area contributed by atoms with Crippen molar-refractivity contribution in [3.05, 3.63) is 211 Å². The van der Waals surface area contributed by atoms with Crippen LogP contribution in [0.4, 0.5) is 11.4 Å². The summed E-state index contributed by atoms with van der Waals surface area (Å²) < 4.78 is 5.10. The number of benzene rings is 7. The third-order valence-corrected chi connectivity index (χ3v) is 13.0. The molecule has 0 spiro atoms. The molecule has 2 heterocycles. The third-order valence-electron chi connectivity index (χ3n) is 11.8. The standard InChI is InChI=1S/C54H40N2S/c1-3-11-37(12-4-1)39-19-26-43(27-20-39)55(44-28-21-40(22-29-44)38-13-5-2-6-14-38)45-30-23-41(24-31-45)42-25-33-52-49(35-42)47-15-7-9-17-51(47)56(52)46-32-34-54-50(36-46)48-16-8-10-18-53(48)57-54/h1-5,7-13,15-30,32-36,45H,6,14,31H2. The molecule has 0 saturated carbocycles. The molecule has 3 heteroatoms. The van der Waals surface area contributed by atoms with E-state index in [0.29, 0.717) is 0 Å². The zero-order valence-electron chi connectivity index (χ0n) is 31.6. The van der Waals surface area contributed by atoms with E-state index < -0.39 is 0 Å². The Morgan fingerprint density at radius 3 is 2.00 bits per heavy atom. The van der Waals surface area contributed by atoms with E-state index >= 15 is 0 Å². The molecule has 11 rings (SSSR count). The van der Waals surface area contributed by atoms with Gasteiger partial charge in [-0.2, -0.15) is 0 Å². The monoisotopic (exact) mass is 748 g/mol. The maximum Gasteiger partial charge on any atom is 0.0560 e. The van der Waals surface area contributed by atoms with Crippen LogP contribution in [0.25, 0.3) is 69.9 Å². The Hall–Kier alpha value is -6.68. The largest absolute Gasteiger partial charge is 0.334 e. The van der Waals surface area contributed by atoms with E-state index in [-0.39, 0.29) is 6.04 Å². The summed E-state index contributed by atoms with van der Waals surface area (Å²) in [5.74, 6) is 0. The fourth-order valence-electron chi connectivity index (χ4n) is 8.95. The van der Waals surface area contributed by atoms with Gasteiger partial charge in [0.1, 0.15) is 0 Å². The molecule has 0 N–H and O–H groups in total. The average molecular weight is 749 g/mol. The lowest BCUT2D eigenvalue weighted by Gasteiger charge is -2.33. The highest BCUT2D eigenvalue weighted by Crippen LogP contribution is 2.40. The first-order chi connectivity index (χ1) is 28.2. The molecule has 7 aromatic carbocycles. The van der Waals surface area contributed by atoms with Gasteiger partial charge in [0.05, 0.1) is 17.1 Å².